The van der Waals surface area contributed by atoms with Gasteiger partial charge in [0.15, 0.2) is 0 Å². The van der Waals surface area contributed by atoms with Crippen molar-refractivity contribution in [2.45, 2.75) is 70.4 Å². The quantitative estimate of drug-likeness (QED) is 0.448. The summed E-state index contributed by atoms with van der Waals surface area (Å²) in [6.07, 6.45) is 8.96. The fraction of sp³-hybridized carbons (Fsp3) is 0.571. The van der Waals surface area contributed by atoms with Crippen LogP contribution >= 0.6 is 11.8 Å². The largest absolute Gasteiger partial charge is 0.444 e. The molecule has 0 saturated carbocycles. The van der Waals surface area contributed by atoms with Crippen molar-refractivity contribution in [1.82, 2.24) is 4.90 Å². The number of nitrogens with zero attached hydrogens (tertiary/aromatic N) is 1. The van der Waals surface area contributed by atoms with Crippen LogP contribution in [0.3, 0.4) is 0 Å². The second kappa shape index (κ2) is 9.33. The molecule has 1 heterocycles. The predicted molar refractivity (Wildman–Crippen MR) is 107 cm³/mol. The zero-order chi connectivity index (χ0) is 18.3. The zero-order valence-corrected chi connectivity index (χ0v) is 16.7. The molecule has 1 fully saturated rings. The molecular weight excluding hydrogens is 330 g/mol. The van der Waals surface area contributed by atoms with Crippen LogP contribution in [0.5, 0.6) is 0 Å². The summed E-state index contributed by atoms with van der Waals surface area (Å²) < 4.78 is 5.69. The summed E-state index contributed by atoms with van der Waals surface area (Å²) >= 11 is 1.81. The van der Waals surface area contributed by atoms with Crippen molar-refractivity contribution < 1.29 is 9.53 Å². The predicted octanol–water partition coefficient (Wildman–Crippen LogP) is 6.17. The Bertz CT molecular complexity index is 565. The molecule has 2 atom stereocenters. The van der Waals surface area contributed by atoms with Crippen LogP contribution in [0, 0.1) is 0 Å². The van der Waals surface area contributed by atoms with Crippen molar-refractivity contribution in [2.75, 3.05) is 5.75 Å². The van der Waals surface area contributed by atoms with Gasteiger partial charge in [-0.15, -0.1) is 11.8 Å². The summed E-state index contributed by atoms with van der Waals surface area (Å²) in [5, 5.41) is 0.0151. The summed E-state index contributed by atoms with van der Waals surface area (Å²) in [6.45, 7) is 7.97. The van der Waals surface area contributed by atoms with Crippen molar-refractivity contribution in [3.63, 3.8) is 0 Å². The highest BCUT2D eigenvalue weighted by molar-refractivity contribution is 7.99. The fourth-order valence-corrected chi connectivity index (χ4v) is 4.26. The van der Waals surface area contributed by atoms with Crippen LogP contribution < -0.4 is 0 Å². The van der Waals surface area contributed by atoms with E-state index in [1.807, 2.05) is 55.6 Å². The number of ether oxygens (including phenoxy) is 1. The van der Waals surface area contributed by atoms with Gasteiger partial charge in [0.2, 0.25) is 0 Å². The molecule has 0 unspecified atom stereocenters. The Hall–Kier alpha value is -1.42. The first-order chi connectivity index (χ1) is 11.9. The van der Waals surface area contributed by atoms with Gasteiger partial charge in [-0.05, 0) is 39.2 Å². The van der Waals surface area contributed by atoms with Gasteiger partial charge in [-0.25, -0.2) is 4.79 Å². The van der Waals surface area contributed by atoms with Gasteiger partial charge in [0, 0.05) is 5.75 Å². The van der Waals surface area contributed by atoms with Crippen molar-refractivity contribution in [3.8, 4) is 0 Å². The third kappa shape index (κ3) is 6.10. The molecule has 1 saturated heterocycles. The topological polar surface area (TPSA) is 29.5 Å². The lowest BCUT2D eigenvalue weighted by Gasteiger charge is -2.31. The molecule has 0 aromatic heterocycles. The van der Waals surface area contributed by atoms with Crippen LogP contribution in [0.4, 0.5) is 4.79 Å². The molecule has 25 heavy (non-hydrogen) atoms. The van der Waals surface area contributed by atoms with Crippen molar-refractivity contribution in [1.29, 1.82) is 0 Å². The summed E-state index contributed by atoms with van der Waals surface area (Å²) in [7, 11) is 0. The van der Waals surface area contributed by atoms with Crippen LogP contribution in [0.2, 0.25) is 0 Å². The van der Waals surface area contributed by atoms with Crippen molar-refractivity contribution >= 4 is 17.9 Å². The number of carbonyl (C=O) groups is 1. The van der Waals surface area contributed by atoms with Crippen LogP contribution in [0.15, 0.2) is 42.5 Å². The Morgan fingerprint density at radius 2 is 2.00 bits per heavy atom. The molecule has 3 nitrogen and oxygen atoms in total. The molecule has 0 N–H and O–H groups in total. The Labute approximate surface area is 156 Å². The first-order valence-corrected chi connectivity index (χ1v) is 10.3. The summed E-state index contributed by atoms with van der Waals surface area (Å²) in [5.74, 6) is 0.906. The van der Waals surface area contributed by atoms with E-state index in [-0.39, 0.29) is 17.5 Å². The standard InChI is InChI=1S/C21H31NO2S/c1-5-6-7-8-12-15-18-16-25-19(17-13-10-9-11-14-17)22(18)20(23)24-21(2,3)4/h9-15,18-19H,5-8,16H2,1-4H3/b15-12-/t18-,19-/m1/s1. The van der Waals surface area contributed by atoms with Gasteiger partial charge in [-0.2, -0.15) is 0 Å². The van der Waals surface area contributed by atoms with E-state index in [9.17, 15) is 4.79 Å². The van der Waals surface area contributed by atoms with Gasteiger partial charge >= 0.3 is 6.09 Å². The smallest absolute Gasteiger partial charge is 0.411 e. The molecule has 0 aliphatic carbocycles. The average molecular weight is 362 g/mol. The van der Waals surface area contributed by atoms with E-state index in [1.54, 1.807) is 0 Å². The number of rotatable bonds is 6. The van der Waals surface area contributed by atoms with Gasteiger partial charge in [-0.1, -0.05) is 62.2 Å². The second-order valence-corrected chi connectivity index (χ2v) is 8.59. The lowest BCUT2D eigenvalue weighted by atomic mass is 10.1. The minimum absolute atomic E-state index is 0.0151. The fourth-order valence-electron chi connectivity index (χ4n) is 2.86. The third-order valence-electron chi connectivity index (χ3n) is 4.06. The van der Waals surface area contributed by atoms with E-state index in [4.69, 9.17) is 4.74 Å². The Morgan fingerprint density at radius 3 is 2.64 bits per heavy atom. The Kier molecular flexibility index (Phi) is 7.42. The molecule has 138 valence electrons. The minimum atomic E-state index is -0.485. The number of thioether (sulfide) groups is 1. The number of allylic oxidation sites excluding steroid dienone is 1. The molecule has 4 heteroatoms. The molecule has 1 aliphatic heterocycles. The normalized spacial score (nSPS) is 21.0. The number of hydrogen-bond acceptors (Lipinski definition) is 3. The summed E-state index contributed by atoms with van der Waals surface area (Å²) in [4.78, 5) is 14.8. The lowest BCUT2D eigenvalue weighted by Crippen LogP contribution is -2.40. The number of carbonyl (C=O) groups excluding carboxylic acids is 1. The molecule has 1 amide bonds. The van der Waals surface area contributed by atoms with Crippen LogP contribution in [0.25, 0.3) is 0 Å². The Morgan fingerprint density at radius 1 is 1.28 bits per heavy atom. The number of benzene rings is 1. The molecule has 0 radical (unpaired) electrons. The molecule has 1 aromatic rings. The maximum atomic E-state index is 12.8. The highest BCUT2D eigenvalue weighted by atomic mass is 32.2. The van der Waals surface area contributed by atoms with E-state index in [1.165, 1.54) is 19.3 Å². The number of hydrogen-bond donors (Lipinski definition) is 0. The highest BCUT2D eigenvalue weighted by Gasteiger charge is 2.39. The lowest BCUT2D eigenvalue weighted by molar-refractivity contribution is 0.0207. The molecule has 0 bridgehead atoms. The van der Waals surface area contributed by atoms with E-state index < -0.39 is 5.60 Å². The Balaban J connectivity index is 2.14. The molecule has 2 rings (SSSR count). The highest BCUT2D eigenvalue weighted by Crippen LogP contribution is 2.42. The van der Waals surface area contributed by atoms with Crippen LogP contribution in [0.1, 0.15) is 64.3 Å². The van der Waals surface area contributed by atoms with Gasteiger partial charge in [-0.3, -0.25) is 4.90 Å². The van der Waals surface area contributed by atoms with E-state index in [0.717, 1.165) is 17.7 Å². The van der Waals surface area contributed by atoms with Crippen molar-refractivity contribution in [2.24, 2.45) is 0 Å². The SMILES string of the molecule is CCCCC/C=C\[C@@H]1CS[C@H](c2ccccc2)N1C(=O)OC(C)(C)C. The minimum Gasteiger partial charge on any atom is -0.444 e. The molecule has 0 spiro atoms. The first-order valence-electron chi connectivity index (χ1n) is 9.27. The van der Waals surface area contributed by atoms with Crippen molar-refractivity contribution in [3.05, 3.63) is 48.0 Å². The second-order valence-electron chi connectivity index (χ2n) is 7.48. The maximum Gasteiger partial charge on any atom is 0.411 e. The van der Waals surface area contributed by atoms with Crippen LogP contribution in [-0.4, -0.2) is 28.4 Å². The van der Waals surface area contributed by atoms with Gasteiger partial charge in [0.1, 0.15) is 11.0 Å². The number of amides is 1. The summed E-state index contributed by atoms with van der Waals surface area (Å²) in [5.41, 5.74) is 0.668. The van der Waals surface area contributed by atoms with Crippen LogP contribution in [-0.2, 0) is 4.74 Å². The van der Waals surface area contributed by atoms with Gasteiger partial charge in [0.25, 0.3) is 0 Å². The monoisotopic (exact) mass is 361 g/mol. The number of unbranched alkanes of at least 4 members (excludes halogenated alkanes) is 3. The van der Waals surface area contributed by atoms with Gasteiger partial charge < -0.3 is 4.74 Å². The maximum absolute atomic E-state index is 12.8. The van der Waals surface area contributed by atoms with E-state index in [2.05, 4.69) is 31.2 Å². The first kappa shape index (κ1) is 19.9. The van der Waals surface area contributed by atoms with Gasteiger partial charge in [0.05, 0.1) is 6.04 Å². The average Bonchev–Trinajstić information content (AvgIpc) is 2.98. The zero-order valence-electron chi connectivity index (χ0n) is 15.9. The molecular formula is C21H31NO2S. The third-order valence-corrected chi connectivity index (χ3v) is 5.41. The molecule has 1 aromatic carbocycles. The van der Waals surface area contributed by atoms with E-state index >= 15 is 0 Å². The molecule has 1 aliphatic rings. The van der Waals surface area contributed by atoms with E-state index in [0.29, 0.717) is 0 Å². The summed E-state index contributed by atoms with van der Waals surface area (Å²) in [6, 6.07) is 10.3.